The molecule has 0 radical (unpaired) electrons. The van der Waals surface area contributed by atoms with Gasteiger partial charge < -0.3 is 29.5 Å². The Morgan fingerprint density at radius 3 is 2.25 bits per heavy atom. The highest BCUT2D eigenvalue weighted by molar-refractivity contribution is 6.13. The number of methoxy groups -OCH3 is 2. The maximum Gasteiger partial charge on any atom is 0.177 e. The van der Waals surface area contributed by atoms with Crippen LogP contribution >= 0.6 is 0 Å². The summed E-state index contributed by atoms with van der Waals surface area (Å²) in [7, 11) is 3.16. The summed E-state index contributed by atoms with van der Waals surface area (Å²) in [5.41, 5.74) is 4.16. The van der Waals surface area contributed by atoms with Crippen LogP contribution in [0.3, 0.4) is 0 Å². The molecule has 0 aliphatic heterocycles. The topological polar surface area (TPSA) is 88.4 Å². The van der Waals surface area contributed by atoms with Gasteiger partial charge in [-0.15, -0.1) is 0 Å². The Labute approximate surface area is 207 Å². The first-order chi connectivity index (χ1) is 17.5. The van der Waals surface area contributed by atoms with Crippen molar-refractivity contribution in [2.24, 2.45) is 0 Å². The summed E-state index contributed by atoms with van der Waals surface area (Å²) in [6.07, 6.45) is 1.56. The number of hydrogen-bond donors (Lipinski definition) is 3. The molecule has 1 aliphatic rings. The quantitative estimate of drug-likeness (QED) is 0.249. The fourth-order valence-corrected chi connectivity index (χ4v) is 5.23. The number of phenols is 3. The van der Waals surface area contributed by atoms with Gasteiger partial charge in [0.25, 0.3) is 0 Å². The molecule has 0 spiro atoms. The van der Waals surface area contributed by atoms with E-state index in [1.165, 1.54) is 0 Å². The van der Waals surface area contributed by atoms with Crippen LogP contribution in [0.4, 0.5) is 0 Å². The van der Waals surface area contributed by atoms with Crippen molar-refractivity contribution >= 4 is 21.5 Å². The number of aryl methyl sites for hydroxylation is 2. The van der Waals surface area contributed by atoms with Crippen LogP contribution in [-0.2, 0) is 12.8 Å². The first-order valence-electron chi connectivity index (χ1n) is 11.6. The van der Waals surface area contributed by atoms with Crippen molar-refractivity contribution in [3.05, 3.63) is 77.9 Å². The highest BCUT2D eigenvalue weighted by Gasteiger charge is 2.23. The Bertz CT molecular complexity index is 1650. The number of ether oxygens (including phenoxy) is 3. The summed E-state index contributed by atoms with van der Waals surface area (Å²) in [5, 5.41) is 34.0. The average Bonchev–Trinajstić information content (AvgIpc) is 2.88. The van der Waals surface area contributed by atoms with Gasteiger partial charge in [0.2, 0.25) is 0 Å². The van der Waals surface area contributed by atoms with E-state index in [4.69, 9.17) is 14.2 Å². The summed E-state index contributed by atoms with van der Waals surface area (Å²) in [5.74, 6) is 2.43. The van der Waals surface area contributed by atoms with Crippen LogP contribution in [-0.4, -0.2) is 29.5 Å². The molecule has 6 heteroatoms. The van der Waals surface area contributed by atoms with Gasteiger partial charge in [0.05, 0.1) is 14.2 Å². The van der Waals surface area contributed by atoms with E-state index in [1.807, 2.05) is 36.4 Å². The van der Waals surface area contributed by atoms with Gasteiger partial charge in [0, 0.05) is 28.5 Å². The zero-order valence-corrected chi connectivity index (χ0v) is 19.8. The number of rotatable bonds is 4. The summed E-state index contributed by atoms with van der Waals surface area (Å²) in [6, 6.07) is 19.7. The zero-order valence-electron chi connectivity index (χ0n) is 19.8. The largest absolute Gasteiger partial charge is 0.508 e. The van der Waals surface area contributed by atoms with Crippen LogP contribution in [0.1, 0.15) is 11.1 Å². The average molecular weight is 481 g/mol. The van der Waals surface area contributed by atoms with Crippen LogP contribution in [0.5, 0.6) is 40.2 Å². The lowest BCUT2D eigenvalue weighted by molar-refractivity contribution is 0.397. The Balaban J connectivity index is 1.47. The van der Waals surface area contributed by atoms with Crippen molar-refractivity contribution in [2.75, 3.05) is 14.2 Å². The molecule has 5 aromatic rings. The molecule has 0 saturated heterocycles. The second-order valence-electron chi connectivity index (χ2n) is 8.92. The fourth-order valence-electron chi connectivity index (χ4n) is 5.23. The Hall–Kier alpha value is -4.58. The molecule has 5 aromatic carbocycles. The minimum atomic E-state index is -0.0299. The molecule has 6 nitrogen and oxygen atoms in total. The standard InChI is InChI=1S/C30H24O6/c1-34-26-14-20(32)12-18-4-3-17-13-21(7-10-22(17)28(18)26)36-30-24-8-5-16-11-19(31)6-9-23(16)29(24)27(35-2)15-25(30)33/h5-15,31-33H,3-4H2,1-2H3. The van der Waals surface area contributed by atoms with E-state index >= 15 is 0 Å². The normalized spacial score (nSPS) is 12.3. The second-order valence-corrected chi connectivity index (χ2v) is 8.92. The van der Waals surface area contributed by atoms with Gasteiger partial charge in [-0.25, -0.2) is 0 Å². The molecule has 6 rings (SSSR count). The minimum absolute atomic E-state index is 0.0299. The molecule has 0 atom stereocenters. The maximum atomic E-state index is 10.9. The number of hydrogen-bond acceptors (Lipinski definition) is 6. The van der Waals surface area contributed by atoms with Crippen LogP contribution in [0.2, 0.25) is 0 Å². The van der Waals surface area contributed by atoms with Gasteiger partial charge in [0.15, 0.2) is 11.5 Å². The zero-order chi connectivity index (χ0) is 25.0. The number of fused-ring (bicyclic) bond motifs is 6. The third-order valence-corrected chi connectivity index (χ3v) is 6.83. The molecule has 0 saturated carbocycles. The molecule has 0 amide bonds. The van der Waals surface area contributed by atoms with E-state index in [0.717, 1.165) is 51.3 Å². The smallest absolute Gasteiger partial charge is 0.177 e. The van der Waals surface area contributed by atoms with Crippen LogP contribution in [0, 0.1) is 0 Å². The van der Waals surface area contributed by atoms with Crippen molar-refractivity contribution in [3.63, 3.8) is 0 Å². The van der Waals surface area contributed by atoms with Gasteiger partial charge in [-0.05, 0) is 82.8 Å². The maximum absolute atomic E-state index is 10.9. The van der Waals surface area contributed by atoms with Crippen molar-refractivity contribution in [1.29, 1.82) is 0 Å². The molecule has 36 heavy (non-hydrogen) atoms. The van der Waals surface area contributed by atoms with Gasteiger partial charge >= 0.3 is 0 Å². The van der Waals surface area contributed by atoms with Crippen LogP contribution in [0.25, 0.3) is 32.7 Å². The predicted molar refractivity (Wildman–Crippen MR) is 139 cm³/mol. The van der Waals surface area contributed by atoms with Crippen LogP contribution < -0.4 is 14.2 Å². The third kappa shape index (κ3) is 3.41. The van der Waals surface area contributed by atoms with E-state index < -0.39 is 0 Å². The van der Waals surface area contributed by atoms with Crippen molar-refractivity contribution < 1.29 is 29.5 Å². The van der Waals surface area contributed by atoms with Crippen molar-refractivity contribution in [1.82, 2.24) is 0 Å². The highest BCUT2D eigenvalue weighted by Crippen LogP contribution is 2.47. The third-order valence-electron chi connectivity index (χ3n) is 6.83. The lowest BCUT2D eigenvalue weighted by Gasteiger charge is -2.23. The molecular weight excluding hydrogens is 456 g/mol. The first kappa shape index (κ1) is 21.9. The van der Waals surface area contributed by atoms with Crippen molar-refractivity contribution in [3.8, 4) is 51.4 Å². The lowest BCUT2D eigenvalue weighted by atomic mass is 9.85. The van der Waals surface area contributed by atoms with E-state index in [0.29, 0.717) is 28.4 Å². The Morgan fingerprint density at radius 1 is 0.667 bits per heavy atom. The minimum Gasteiger partial charge on any atom is -0.508 e. The van der Waals surface area contributed by atoms with E-state index in [9.17, 15) is 15.3 Å². The Morgan fingerprint density at radius 2 is 1.44 bits per heavy atom. The molecule has 0 heterocycles. The molecule has 3 N–H and O–H groups in total. The number of phenolic OH excluding ortho intramolecular Hbond substituents is 3. The molecule has 0 aromatic heterocycles. The lowest BCUT2D eigenvalue weighted by Crippen LogP contribution is -2.06. The monoisotopic (exact) mass is 480 g/mol. The van der Waals surface area contributed by atoms with Gasteiger partial charge in [-0.2, -0.15) is 0 Å². The van der Waals surface area contributed by atoms with E-state index in [1.54, 1.807) is 44.6 Å². The summed E-state index contributed by atoms with van der Waals surface area (Å²) in [4.78, 5) is 0. The second kappa shape index (κ2) is 8.27. The highest BCUT2D eigenvalue weighted by atomic mass is 16.5. The fraction of sp³-hybridized carbons (Fsp3) is 0.133. The van der Waals surface area contributed by atoms with Crippen molar-refractivity contribution in [2.45, 2.75) is 12.8 Å². The molecular formula is C30H24O6. The molecule has 0 unspecified atom stereocenters. The first-order valence-corrected chi connectivity index (χ1v) is 11.6. The number of benzene rings is 5. The summed E-state index contributed by atoms with van der Waals surface area (Å²) < 4.78 is 17.4. The van der Waals surface area contributed by atoms with Crippen LogP contribution in [0.15, 0.2) is 66.7 Å². The summed E-state index contributed by atoms with van der Waals surface area (Å²) >= 11 is 0. The van der Waals surface area contributed by atoms with Gasteiger partial charge in [0.1, 0.15) is 28.7 Å². The van der Waals surface area contributed by atoms with E-state index in [-0.39, 0.29) is 17.2 Å². The summed E-state index contributed by atoms with van der Waals surface area (Å²) in [6.45, 7) is 0. The van der Waals surface area contributed by atoms with E-state index in [2.05, 4.69) is 0 Å². The Kier molecular flexibility index (Phi) is 5.04. The molecule has 180 valence electrons. The SMILES string of the molecule is COc1cc(O)cc2c1-c1ccc(Oc3c(O)cc(OC)c4c3ccc3cc(O)ccc34)cc1CC2. The molecule has 0 bridgehead atoms. The van der Waals surface area contributed by atoms with Gasteiger partial charge in [-0.1, -0.05) is 12.1 Å². The predicted octanol–water partition coefficient (Wildman–Crippen LogP) is 6.68. The molecule has 1 aliphatic carbocycles. The van der Waals surface area contributed by atoms with Gasteiger partial charge in [-0.3, -0.25) is 0 Å². The number of aromatic hydroxyl groups is 3. The molecule has 0 fully saturated rings.